The van der Waals surface area contributed by atoms with Crippen molar-refractivity contribution in [2.75, 3.05) is 16.9 Å². The first kappa shape index (κ1) is 16.5. The third kappa shape index (κ3) is 3.14. The number of hydrogen-bond acceptors (Lipinski definition) is 5. The summed E-state index contributed by atoms with van der Waals surface area (Å²) in [4.78, 5) is 26.7. The highest BCUT2D eigenvalue weighted by Crippen LogP contribution is 2.24. The van der Waals surface area contributed by atoms with Crippen LogP contribution in [0.25, 0.3) is 5.65 Å². The lowest BCUT2D eigenvalue weighted by molar-refractivity contribution is -0.133. The summed E-state index contributed by atoms with van der Waals surface area (Å²) < 4.78 is 1.70. The van der Waals surface area contributed by atoms with Gasteiger partial charge < -0.3 is 4.90 Å². The fourth-order valence-corrected chi connectivity index (χ4v) is 3.75. The van der Waals surface area contributed by atoms with Gasteiger partial charge in [-0.15, -0.1) is 22.0 Å². The molecule has 126 valence electrons. The summed E-state index contributed by atoms with van der Waals surface area (Å²) in [7, 11) is 0. The van der Waals surface area contributed by atoms with E-state index < -0.39 is 6.04 Å². The summed E-state index contributed by atoms with van der Waals surface area (Å²) in [6.07, 6.45) is 4.46. The van der Waals surface area contributed by atoms with E-state index >= 15 is 0 Å². The van der Waals surface area contributed by atoms with Gasteiger partial charge in [0, 0.05) is 17.5 Å². The van der Waals surface area contributed by atoms with Crippen molar-refractivity contribution in [3.05, 3.63) is 36.0 Å². The molecular weight excluding hydrogens is 326 g/mol. The first-order valence-corrected chi connectivity index (χ1v) is 8.93. The topological polar surface area (TPSA) is 79.6 Å². The zero-order valence-electron chi connectivity index (χ0n) is 13.6. The van der Waals surface area contributed by atoms with Crippen molar-refractivity contribution >= 4 is 35.2 Å². The van der Waals surface area contributed by atoms with E-state index in [1.54, 1.807) is 34.2 Å². The number of carbonyl (C=O) groups is 2. The van der Waals surface area contributed by atoms with E-state index in [0.717, 1.165) is 6.42 Å². The Labute approximate surface area is 144 Å². The van der Waals surface area contributed by atoms with E-state index in [-0.39, 0.29) is 11.8 Å². The second-order valence-electron chi connectivity index (χ2n) is 5.53. The molecule has 0 aromatic carbocycles. The smallest absolute Gasteiger partial charge is 0.250 e. The minimum Gasteiger partial charge on any atom is -0.317 e. The molecule has 1 saturated heterocycles. The predicted octanol–water partition coefficient (Wildman–Crippen LogP) is 1.93. The standard InChI is InChI=1S/C16H19N5O2S/c1-3-6-11(2)15(23)21-10-24-9-12(21)14(22)17-16-19-18-13-7-4-5-8-20(13)16/h4-8,12H,3,9-10H2,1-2H3,(H,17,19,22). The normalized spacial score (nSPS) is 18.2. The molecule has 0 bridgehead atoms. The van der Waals surface area contributed by atoms with Gasteiger partial charge in [-0.1, -0.05) is 19.1 Å². The maximum absolute atomic E-state index is 12.6. The molecule has 2 amide bonds. The number of anilines is 1. The third-order valence-corrected chi connectivity index (χ3v) is 4.85. The molecule has 0 spiro atoms. The highest BCUT2D eigenvalue weighted by atomic mass is 32.2. The maximum Gasteiger partial charge on any atom is 0.250 e. The molecule has 0 aliphatic carbocycles. The summed E-state index contributed by atoms with van der Waals surface area (Å²) in [5.41, 5.74) is 1.33. The number of thioether (sulfide) groups is 1. The van der Waals surface area contributed by atoms with Crippen molar-refractivity contribution in [2.24, 2.45) is 0 Å². The molecular formula is C16H19N5O2S. The lowest BCUT2D eigenvalue weighted by Gasteiger charge is -2.23. The van der Waals surface area contributed by atoms with Crippen LogP contribution in [0.4, 0.5) is 5.95 Å². The molecule has 7 nitrogen and oxygen atoms in total. The fourth-order valence-electron chi connectivity index (χ4n) is 2.60. The molecule has 24 heavy (non-hydrogen) atoms. The number of nitrogens with one attached hydrogen (secondary N) is 1. The summed E-state index contributed by atoms with van der Waals surface area (Å²) in [6, 6.07) is 5.00. The Balaban J connectivity index is 1.76. The lowest BCUT2D eigenvalue weighted by atomic mass is 10.2. The van der Waals surface area contributed by atoms with Gasteiger partial charge in [-0.25, -0.2) is 0 Å². The minimum absolute atomic E-state index is 0.0897. The number of aromatic nitrogens is 3. The minimum atomic E-state index is -0.501. The number of rotatable bonds is 4. The van der Waals surface area contributed by atoms with E-state index in [4.69, 9.17) is 0 Å². The van der Waals surface area contributed by atoms with Crippen molar-refractivity contribution < 1.29 is 9.59 Å². The molecule has 1 aliphatic heterocycles. The number of nitrogens with zero attached hydrogens (tertiary/aromatic N) is 4. The number of allylic oxidation sites excluding steroid dienone is 1. The zero-order chi connectivity index (χ0) is 17.1. The van der Waals surface area contributed by atoms with Gasteiger partial charge in [0.1, 0.15) is 6.04 Å². The number of carbonyl (C=O) groups excluding carboxylic acids is 2. The summed E-state index contributed by atoms with van der Waals surface area (Å²) in [5.74, 6) is 1.13. The van der Waals surface area contributed by atoms with Gasteiger partial charge in [0.05, 0.1) is 5.88 Å². The Bertz CT molecular complexity index is 801. The molecule has 1 atom stereocenters. The quantitative estimate of drug-likeness (QED) is 0.857. The molecule has 0 radical (unpaired) electrons. The Morgan fingerprint density at radius 2 is 2.25 bits per heavy atom. The van der Waals surface area contributed by atoms with E-state index in [2.05, 4.69) is 15.5 Å². The second kappa shape index (κ2) is 7.04. The van der Waals surface area contributed by atoms with Crippen molar-refractivity contribution in [1.29, 1.82) is 0 Å². The Morgan fingerprint density at radius 1 is 1.42 bits per heavy atom. The van der Waals surface area contributed by atoms with E-state index in [0.29, 0.717) is 28.8 Å². The molecule has 1 N–H and O–H groups in total. The summed E-state index contributed by atoms with van der Waals surface area (Å²) in [6.45, 7) is 3.77. The van der Waals surface area contributed by atoms with Gasteiger partial charge >= 0.3 is 0 Å². The van der Waals surface area contributed by atoms with Crippen molar-refractivity contribution in [2.45, 2.75) is 26.3 Å². The number of fused-ring (bicyclic) bond motifs is 1. The monoisotopic (exact) mass is 345 g/mol. The number of hydrogen-bond donors (Lipinski definition) is 1. The average molecular weight is 345 g/mol. The van der Waals surface area contributed by atoms with Crippen molar-refractivity contribution in [3.63, 3.8) is 0 Å². The van der Waals surface area contributed by atoms with Crippen LogP contribution in [0.5, 0.6) is 0 Å². The van der Waals surface area contributed by atoms with Crippen molar-refractivity contribution in [1.82, 2.24) is 19.5 Å². The van der Waals surface area contributed by atoms with E-state index in [9.17, 15) is 9.59 Å². The van der Waals surface area contributed by atoms with Gasteiger partial charge in [0.2, 0.25) is 11.9 Å². The Morgan fingerprint density at radius 3 is 3.04 bits per heavy atom. The van der Waals surface area contributed by atoms with Crippen LogP contribution in [0.15, 0.2) is 36.0 Å². The highest BCUT2D eigenvalue weighted by molar-refractivity contribution is 7.99. The van der Waals surface area contributed by atoms with Crippen LogP contribution in [-0.2, 0) is 9.59 Å². The highest BCUT2D eigenvalue weighted by Gasteiger charge is 2.35. The van der Waals surface area contributed by atoms with Crippen molar-refractivity contribution in [3.8, 4) is 0 Å². The van der Waals surface area contributed by atoms with Crippen LogP contribution in [0.3, 0.4) is 0 Å². The molecule has 3 heterocycles. The van der Waals surface area contributed by atoms with Crippen LogP contribution in [0, 0.1) is 0 Å². The SMILES string of the molecule is CCC=C(C)C(=O)N1CSCC1C(=O)Nc1nnc2ccccn12. The molecule has 3 rings (SSSR count). The molecule has 2 aromatic heterocycles. The lowest BCUT2D eigenvalue weighted by Crippen LogP contribution is -2.45. The van der Waals surface area contributed by atoms with Crippen LogP contribution >= 0.6 is 11.8 Å². The first-order valence-electron chi connectivity index (χ1n) is 7.78. The molecule has 1 unspecified atom stereocenters. The Hall–Kier alpha value is -2.35. The molecule has 1 fully saturated rings. The Kier molecular flexibility index (Phi) is 4.84. The van der Waals surface area contributed by atoms with Crippen LogP contribution in [0.2, 0.25) is 0 Å². The van der Waals surface area contributed by atoms with Crippen LogP contribution in [-0.4, -0.2) is 49.0 Å². The molecule has 1 aliphatic rings. The second-order valence-corrected chi connectivity index (χ2v) is 6.53. The first-order chi connectivity index (χ1) is 11.6. The molecule has 0 saturated carbocycles. The number of amides is 2. The maximum atomic E-state index is 12.6. The van der Waals surface area contributed by atoms with E-state index in [1.807, 2.05) is 31.2 Å². The average Bonchev–Trinajstić information content (AvgIpc) is 3.22. The molecule has 2 aromatic rings. The third-order valence-electron chi connectivity index (χ3n) is 3.84. The summed E-state index contributed by atoms with van der Waals surface area (Å²) in [5, 5.41) is 10.8. The van der Waals surface area contributed by atoms with Gasteiger partial charge in [-0.05, 0) is 25.5 Å². The van der Waals surface area contributed by atoms with Crippen LogP contribution in [0.1, 0.15) is 20.3 Å². The van der Waals surface area contributed by atoms with Gasteiger partial charge in [0.25, 0.3) is 5.91 Å². The molecule has 8 heteroatoms. The van der Waals surface area contributed by atoms with Gasteiger partial charge in [0.15, 0.2) is 5.65 Å². The number of pyridine rings is 1. The van der Waals surface area contributed by atoms with E-state index in [1.165, 1.54) is 0 Å². The van der Waals surface area contributed by atoms with Crippen LogP contribution < -0.4 is 5.32 Å². The largest absolute Gasteiger partial charge is 0.317 e. The van der Waals surface area contributed by atoms with Gasteiger partial charge in [-0.2, -0.15) is 0 Å². The fraction of sp³-hybridized carbons (Fsp3) is 0.375. The zero-order valence-corrected chi connectivity index (χ0v) is 14.4. The summed E-state index contributed by atoms with van der Waals surface area (Å²) >= 11 is 1.57. The van der Waals surface area contributed by atoms with Gasteiger partial charge in [-0.3, -0.25) is 19.3 Å². The predicted molar refractivity (Wildman–Crippen MR) is 93.6 cm³/mol.